The van der Waals surface area contributed by atoms with Crippen LogP contribution in [-0.4, -0.2) is 35.5 Å². The standard InChI is InChI=1S/C23H20Cl2N4O2/c24-16-7-8-18(25)21(11-16)31-22-17(12-26-14-27-22)23(30)29-10-9-28(13-15-5-6-15)19-3-1-2-4-20(19)29/h1-4,7-8,11-12,14-15H,5-6,9-10,13H2. The second kappa shape index (κ2) is 8.36. The third-order valence-corrected chi connectivity index (χ3v) is 6.08. The first-order chi connectivity index (χ1) is 15.1. The monoisotopic (exact) mass is 454 g/mol. The van der Waals surface area contributed by atoms with Gasteiger partial charge >= 0.3 is 0 Å². The summed E-state index contributed by atoms with van der Waals surface area (Å²) >= 11 is 12.3. The van der Waals surface area contributed by atoms with Crippen molar-refractivity contribution in [3.05, 3.63) is 70.6 Å². The van der Waals surface area contributed by atoms with Gasteiger partial charge in [-0.05, 0) is 43.0 Å². The Bertz CT molecular complexity index is 1140. The van der Waals surface area contributed by atoms with Gasteiger partial charge in [0.25, 0.3) is 5.91 Å². The van der Waals surface area contributed by atoms with Crippen molar-refractivity contribution in [3.8, 4) is 11.6 Å². The molecule has 0 atom stereocenters. The van der Waals surface area contributed by atoms with Gasteiger partial charge < -0.3 is 14.5 Å². The number of carbonyl (C=O) groups is 1. The number of anilines is 2. The number of aromatic nitrogens is 2. The number of benzene rings is 2. The van der Waals surface area contributed by atoms with Crippen LogP contribution in [0, 0.1) is 5.92 Å². The Morgan fingerprint density at radius 1 is 1.10 bits per heavy atom. The van der Waals surface area contributed by atoms with E-state index in [0.717, 1.165) is 30.4 Å². The number of amides is 1. The fourth-order valence-electron chi connectivity index (χ4n) is 3.79. The average Bonchev–Trinajstić information content (AvgIpc) is 3.61. The number of para-hydroxylation sites is 2. The molecule has 0 N–H and O–H groups in total. The smallest absolute Gasteiger partial charge is 0.265 e. The Morgan fingerprint density at radius 2 is 1.90 bits per heavy atom. The van der Waals surface area contributed by atoms with Crippen LogP contribution in [0.2, 0.25) is 10.0 Å². The van der Waals surface area contributed by atoms with E-state index in [2.05, 4.69) is 20.9 Å². The molecule has 3 aromatic rings. The van der Waals surface area contributed by atoms with Crippen molar-refractivity contribution in [1.29, 1.82) is 0 Å². The molecular weight excluding hydrogens is 435 g/mol. The Morgan fingerprint density at radius 3 is 2.71 bits per heavy atom. The van der Waals surface area contributed by atoms with Crippen LogP contribution in [-0.2, 0) is 0 Å². The highest BCUT2D eigenvalue weighted by Crippen LogP contribution is 2.39. The van der Waals surface area contributed by atoms with Crippen LogP contribution in [0.5, 0.6) is 11.6 Å². The Labute approximate surface area is 190 Å². The number of hydrogen-bond donors (Lipinski definition) is 0. The van der Waals surface area contributed by atoms with Crippen molar-refractivity contribution >= 4 is 40.5 Å². The van der Waals surface area contributed by atoms with E-state index in [0.29, 0.717) is 22.3 Å². The summed E-state index contributed by atoms with van der Waals surface area (Å²) in [6, 6.07) is 12.9. The predicted molar refractivity (Wildman–Crippen MR) is 122 cm³/mol. The summed E-state index contributed by atoms with van der Waals surface area (Å²) in [7, 11) is 0. The van der Waals surface area contributed by atoms with Crippen LogP contribution in [0.1, 0.15) is 23.2 Å². The maximum absolute atomic E-state index is 13.6. The molecule has 0 radical (unpaired) electrons. The van der Waals surface area contributed by atoms with Crippen LogP contribution in [0.15, 0.2) is 55.0 Å². The maximum Gasteiger partial charge on any atom is 0.265 e. The van der Waals surface area contributed by atoms with Gasteiger partial charge in [-0.25, -0.2) is 9.97 Å². The van der Waals surface area contributed by atoms with Crippen molar-refractivity contribution in [2.45, 2.75) is 12.8 Å². The molecule has 0 unspecified atom stereocenters. The van der Waals surface area contributed by atoms with Gasteiger partial charge in [-0.15, -0.1) is 0 Å². The lowest BCUT2D eigenvalue weighted by atomic mass is 10.1. The summed E-state index contributed by atoms with van der Waals surface area (Å²) < 4.78 is 5.88. The number of nitrogens with zero attached hydrogens (tertiary/aromatic N) is 4. The van der Waals surface area contributed by atoms with Gasteiger partial charge in [-0.1, -0.05) is 35.3 Å². The first-order valence-corrected chi connectivity index (χ1v) is 10.9. The fraction of sp³-hybridized carbons (Fsp3) is 0.261. The van der Waals surface area contributed by atoms with Crippen molar-refractivity contribution in [2.75, 3.05) is 29.4 Å². The molecule has 0 saturated heterocycles. The highest BCUT2D eigenvalue weighted by molar-refractivity contribution is 6.34. The Balaban J connectivity index is 1.46. The largest absolute Gasteiger partial charge is 0.436 e. The topological polar surface area (TPSA) is 58.6 Å². The third kappa shape index (κ3) is 4.18. The van der Waals surface area contributed by atoms with Gasteiger partial charge in [0.1, 0.15) is 17.6 Å². The van der Waals surface area contributed by atoms with E-state index in [1.54, 1.807) is 23.1 Å². The summed E-state index contributed by atoms with van der Waals surface area (Å²) in [4.78, 5) is 25.9. The molecule has 31 heavy (non-hydrogen) atoms. The molecule has 2 aliphatic rings. The van der Waals surface area contributed by atoms with Crippen LogP contribution < -0.4 is 14.5 Å². The minimum absolute atomic E-state index is 0.141. The molecule has 1 aliphatic carbocycles. The molecule has 1 fully saturated rings. The van der Waals surface area contributed by atoms with Gasteiger partial charge in [-0.3, -0.25) is 4.79 Å². The Hall–Kier alpha value is -2.83. The van der Waals surface area contributed by atoms with Gasteiger partial charge in [0.05, 0.1) is 16.4 Å². The van der Waals surface area contributed by atoms with Gasteiger partial charge in [0.15, 0.2) is 0 Å². The quantitative estimate of drug-likeness (QED) is 0.512. The van der Waals surface area contributed by atoms with E-state index in [-0.39, 0.29) is 17.4 Å². The van der Waals surface area contributed by atoms with E-state index in [4.69, 9.17) is 27.9 Å². The van der Waals surface area contributed by atoms with E-state index < -0.39 is 0 Å². The van der Waals surface area contributed by atoms with Crippen molar-refractivity contribution in [3.63, 3.8) is 0 Å². The van der Waals surface area contributed by atoms with E-state index in [1.165, 1.54) is 25.4 Å². The zero-order valence-electron chi connectivity index (χ0n) is 16.7. The van der Waals surface area contributed by atoms with Gasteiger partial charge in [0.2, 0.25) is 5.88 Å². The first kappa shape index (κ1) is 20.1. The molecule has 1 saturated carbocycles. The lowest BCUT2D eigenvalue weighted by molar-refractivity contribution is 0.0983. The molecule has 158 valence electrons. The summed E-state index contributed by atoms with van der Waals surface area (Å²) in [5, 5.41) is 0.850. The molecule has 0 spiro atoms. The number of fused-ring (bicyclic) bond motifs is 1. The molecule has 1 amide bonds. The average molecular weight is 455 g/mol. The highest BCUT2D eigenvalue weighted by Gasteiger charge is 2.32. The molecule has 1 aromatic heterocycles. The highest BCUT2D eigenvalue weighted by atomic mass is 35.5. The molecule has 2 heterocycles. The molecule has 8 heteroatoms. The zero-order valence-corrected chi connectivity index (χ0v) is 18.2. The first-order valence-electron chi connectivity index (χ1n) is 10.2. The number of rotatable bonds is 5. The molecule has 5 rings (SSSR count). The van der Waals surface area contributed by atoms with Crippen LogP contribution in [0.25, 0.3) is 0 Å². The van der Waals surface area contributed by atoms with Crippen LogP contribution in [0.4, 0.5) is 11.4 Å². The fourth-order valence-corrected chi connectivity index (χ4v) is 4.10. The van der Waals surface area contributed by atoms with Crippen LogP contribution >= 0.6 is 23.2 Å². The third-order valence-electron chi connectivity index (χ3n) is 5.53. The lowest BCUT2D eigenvalue weighted by Crippen LogP contribution is -2.45. The van der Waals surface area contributed by atoms with E-state index >= 15 is 0 Å². The minimum atomic E-state index is -0.215. The second-order valence-corrected chi connectivity index (χ2v) is 8.60. The summed E-state index contributed by atoms with van der Waals surface area (Å²) in [6.07, 6.45) is 5.39. The number of hydrogen-bond acceptors (Lipinski definition) is 5. The molecule has 1 aliphatic heterocycles. The normalized spacial score (nSPS) is 15.5. The van der Waals surface area contributed by atoms with Gasteiger partial charge in [-0.2, -0.15) is 0 Å². The van der Waals surface area contributed by atoms with E-state index in [9.17, 15) is 4.79 Å². The summed E-state index contributed by atoms with van der Waals surface area (Å²) in [6.45, 7) is 2.40. The zero-order chi connectivity index (χ0) is 21.4. The predicted octanol–water partition coefficient (Wildman–Crippen LogP) is 5.45. The summed E-state index contributed by atoms with van der Waals surface area (Å²) in [5.41, 5.74) is 2.23. The minimum Gasteiger partial charge on any atom is -0.436 e. The molecule has 2 aromatic carbocycles. The van der Waals surface area contributed by atoms with Crippen LogP contribution in [0.3, 0.4) is 0 Å². The summed E-state index contributed by atoms with van der Waals surface area (Å²) in [5.74, 6) is 1.02. The number of halogens is 2. The van der Waals surface area contributed by atoms with Crippen molar-refractivity contribution < 1.29 is 9.53 Å². The number of carbonyl (C=O) groups excluding carboxylic acids is 1. The molecule has 6 nitrogen and oxygen atoms in total. The van der Waals surface area contributed by atoms with Crippen molar-refractivity contribution in [1.82, 2.24) is 9.97 Å². The molecular formula is C23H20Cl2N4O2. The lowest BCUT2D eigenvalue weighted by Gasteiger charge is -2.38. The number of ether oxygens (including phenoxy) is 1. The second-order valence-electron chi connectivity index (χ2n) is 7.75. The Kier molecular flexibility index (Phi) is 5.42. The molecule has 0 bridgehead atoms. The SMILES string of the molecule is O=C(c1cncnc1Oc1cc(Cl)ccc1Cl)N1CCN(CC2CC2)c2ccccc21. The van der Waals surface area contributed by atoms with E-state index in [1.807, 2.05) is 18.2 Å². The maximum atomic E-state index is 13.6. The van der Waals surface area contributed by atoms with Crippen molar-refractivity contribution in [2.24, 2.45) is 5.92 Å². The van der Waals surface area contributed by atoms with Gasteiger partial charge in [0, 0.05) is 36.9 Å².